The standard InChI is InChI=1S/C18H14Cl2N4OS/c1-2-25-13-5-3-4-12(8-13)17-21-22-18-24(17)23-16(10-26-18)11-6-7-14(19)15(20)9-11/h3-10,23H,2H2,1H3. The van der Waals surface area contributed by atoms with E-state index in [0.717, 1.165) is 27.7 Å². The lowest BCUT2D eigenvalue weighted by Gasteiger charge is -2.19. The number of hydrogen-bond acceptors (Lipinski definition) is 5. The van der Waals surface area contributed by atoms with Gasteiger partial charge in [0.05, 0.1) is 22.3 Å². The van der Waals surface area contributed by atoms with Crippen LogP contribution in [0.1, 0.15) is 12.5 Å². The van der Waals surface area contributed by atoms with Gasteiger partial charge in [0.1, 0.15) is 5.75 Å². The molecule has 132 valence electrons. The highest BCUT2D eigenvalue weighted by molar-refractivity contribution is 8.02. The molecule has 5 nitrogen and oxygen atoms in total. The first kappa shape index (κ1) is 17.3. The van der Waals surface area contributed by atoms with Crippen molar-refractivity contribution in [2.75, 3.05) is 12.0 Å². The second kappa shape index (κ2) is 7.23. The first-order chi connectivity index (χ1) is 12.7. The Morgan fingerprint density at radius 2 is 1.96 bits per heavy atom. The fourth-order valence-corrected chi connectivity index (χ4v) is 3.62. The molecule has 2 heterocycles. The van der Waals surface area contributed by atoms with E-state index in [4.69, 9.17) is 27.9 Å². The van der Waals surface area contributed by atoms with Crippen molar-refractivity contribution in [3.05, 3.63) is 63.5 Å². The number of rotatable bonds is 4. The lowest BCUT2D eigenvalue weighted by atomic mass is 10.2. The third-order valence-corrected chi connectivity index (χ3v) is 5.35. The molecular weight excluding hydrogens is 391 g/mol. The molecule has 0 fully saturated rings. The Kier molecular flexibility index (Phi) is 4.80. The summed E-state index contributed by atoms with van der Waals surface area (Å²) < 4.78 is 7.44. The SMILES string of the molecule is CCOc1cccc(-c2nnc3n2NC(c2ccc(Cl)c(Cl)c2)=CS3)c1. The van der Waals surface area contributed by atoms with Crippen LogP contribution in [0, 0.1) is 0 Å². The van der Waals surface area contributed by atoms with E-state index in [2.05, 4.69) is 15.6 Å². The predicted molar refractivity (Wildman–Crippen MR) is 106 cm³/mol. The Labute approximate surface area is 164 Å². The second-order valence-electron chi connectivity index (χ2n) is 5.49. The monoisotopic (exact) mass is 404 g/mol. The summed E-state index contributed by atoms with van der Waals surface area (Å²) in [6, 6.07) is 13.3. The van der Waals surface area contributed by atoms with E-state index >= 15 is 0 Å². The van der Waals surface area contributed by atoms with Gasteiger partial charge in [-0.15, -0.1) is 10.2 Å². The molecule has 0 amide bonds. The van der Waals surface area contributed by atoms with Crippen LogP contribution >= 0.6 is 35.0 Å². The molecule has 1 aliphatic rings. The van der Waals surface area contributed by atoms with Crippen molar-refractivity contribution in [2.24, 2.45) is 0 Å². The Morgan fingerprint density at radius 1 is 1.08 bits per heavy atom. The van der Waals surface area contributed by atoms with Gasteiger partial charge in [-0.2, -0.15) is 0 Å². The molecule has 1 N–H and O–H groups in total. The highest BCUT2D eigenvalue weighted by atomic mass is 35.5. The van der Waals surface area contributed by atoms with Crippen molar-refractivity contribution in [1.29, 1.82) is 0 Å². The van der Waals surface area contributed by atoms with E-state index in [9.17, 15) is 0 Å². The first-order valence-electron chi connectivity index (χ1n) is 7.93. The largest absolute Gasteiger partial charge is 0.494 e. The zero-order valence-corrected chi connectivity index (χ0v) is 16.1. The van der Waals surface area contributed by atoms with Crippen LogP contribution in [0.5, 0.6) is 5.75 Å². The maximum absolute atomic E-state index is 6.15. The number of nitrogens with zero attached hydrogens (tertiary/aromatic N) is 3. The Morgan fingerprint density at radius 3 is 2.77 bits per heavy atom. The Bertz CT molecular complexity index is 1000. The summed E-state index contributed by atoms with van der Waals surface area (Å²) in [5.41, 5.74) is 6.09. The van der Waals surface area contributed by atoms with Crippen LogP contribution in [0.15, 0.2) is 53.0 Å². The van der Waals surface area contributed by atoms with Crippen LogP contribution in [0.3, 0.4) is 0 Å². The molecule has 0 unspecified atom stereocenters. The number of fused-ring (bicyclic) bond motifs is 1. The number of ether oxygens (including phenoxy) is 1. The van der Waals surface area contributed by atoms with Gasteiger partial charge >= 0.3 is 0 Å². The van der Waals surface area contributed by atoms with Gasteiger partial charge in [0, 0.05) is 16.5 Å². The maximum atomic E-state index is 6.15. The van der Waals surface area contributed by atoms with Gasteiger partial charge in [-0.3, -0.25) is 5.43 Å². The molecule has 3 aromatic rings. The lowest BCUT2D eigenvalue weighted by molar-refractivity contribution is 0.340. The topological polar surface area (TPSA) is 52.0 Å². The summed E-state index contributed by atoms with van der Waals surface area (Å²) in [5.74, 6) is 1.51. The number of aromatic nitrogens is 3. The van der Waals surface area contributed by atoms with E-state index in [1.54, 1.807) is 6.07 Å². The fourth-order valence-electron chi connectivity index (χ4n) is 2.58. The van der Waals surface area contributed by atoms with Gasteiger partial charge in [0.2, 0.25) is 5.16 Å². The molecule has 0 spiro atoms. The molecule has 0 aliphatic carbocycles. The molecule has 0 atom stereocenters. The van der Waals surface area contributed by atoms with Crippen molar-refractivity contribution in [3.63, 3.8) is 0 Å². The van der Waals surface area contributed by atoms with Crippen LogP contribution in [0.25, 0.3) is 17.1 Å². The van der Waals surface area contributed by atoms with Gasteiger partial charge in [0.15, 0.2) is 5.82 Å². The minimum Gasteiger partial charge on any atom is -0.494 e. The van der Waals surface area contributed by atoms with Crippen LogP contribution in [-0.2, 0) is 0 Å². The second-order valence-corrected chi connectivity index (χ2v) is 7.14. The molecule has 0 bridgehead atoms. The molecule has 0 saturated heterocycles. The third kappa shape index (κ3) is 3.28. The van der Waals surface area contributed by atoms with E-state index < -0.39 is 0 Å². The van der Waals surface area contributed by atoms with Crippen LogP contribution in [0.2, 0.25) is 10.0 Å². The first-order valence-corrected chi connectivity index (χ1v) is 9.57. The van der Waals surface area contributed by atoms with Gasteiger partial charge in [-0.05, 0) is 31.2 Å². The zero-order valence-electron chi connectivity index (χ0n) is 13.7. The maximum Gasteiger partial charge on any atom is 0.214 e. The number of thioether (sulfide) groups is 1. The van der Waals surface area contributed by atoms with Gasteiger partial charge in [0.25, 0.3) is 0 Å². The summed E-state index contributed by atoms with van der Waals surface area (Å²) in [5, 5.41) is 12.3. The number of benzene rings is 2. The van der Waals surface area contributed by atoms with Crippen LogP contribution in [-0.4, -0.2) is 21.5 Å². The molecule has 4 rings (SSSR count). The average molecular weight is 405 g/mol. The minimum absolute atomic E-state index is 0.510. The van der Waals surface area contributed by atoms with Crippen LogP contribution < -0.4 is 10.2 Å². The molecule has 0 radical (unpaired) electrons. The highest BCUT2D eigenvalue weighted by Crippen LogP contribution is 2.33. The Balaban J connectivity index is 1.68. The molecule has 26 heavy (non-hydrogen) atoms. The average Bonchev–Trinajstić information content (AvgIpc) is 3.08. The summed E-state index contributed by atoms with van der Waals surface area (Å²) in [6.07, 6.45) is 0. The summed E-state index contributed by atoms with van der Waals surface area (Å²) in [4.78, 5) is 0. The summed E-state index contributed by atoms with van der Waals surface area (Å²) in [7, 11) is 0. The lowest BCUT2D eigenvalue weighted by Crippen LogP contribution is -2.18. The normalized spacial score (nSPS) is 13.0. The zero-order chi connectivity index (χ0) is 18.1. The predicted octanol–water partition coefficient (Wildman–Crippen LogP) is 5.30. The smallest absolute Gasteiger partial charge is 0.214 e. The third-order valence-electron chi connectivity index (χ3n) is 3.78. The van der Waals surface area contributed by atoms with Gasteiger partial charge < -0.3 is 4.74 Å². The number of halogens is 2. The van der Waals surface area contributed by atoms with E-state index in [-0.39, 0.29) is 0 Å². The molecule has 0 saturated carbocycles. The summed E-state index contributed by atoms with van der Waals surface area (Å²) >= 11 is 13.7. The van der Waals surface area contributed by atoms with Crippen molar-refractivity contribution >= 4 is 40.7 Å². The van der Waals surface area contributed by atoms with Crippen molar-refractivity contribution in [3.8, 4) is 17.1 Å². The van der Waals surface area contributed by atoms with Gasteiger partial charge in [-0.1, -0.05) is 53.2 Å². The highest BCUT2D eigenvalue weighted by Gasteiger charge is 2.20. The van der Waals surface area contributed by atoms with Crippen LogP contribution in [0.4, 0.5) is 0 Å². The fraction of sp³-hybridized carbons (Fsp3) is 0.111. The molecule has 1 aliphatic heterocycles. The molecule has 2 aromatic carbocycles. The molecule has 1 aromatic heterocycles. The van der Waals surface area contributed by atoms with Crippen molar-refractivity contribution < 1.29 is 4.74 Å². The molecule has 8 heteroatoms. The Hall–Kier alpha value is -2.15. The number of nitrogens with one attached hydrogen (secondary N) is 1. The van der Waals surface area contributed by atoms with Crippen molar-refractivity contribution in [2.45, 2.75) is 12.1 Å². The van der Waals surface area contributed by atoms with E-state index in [1.807, 2.05) is 53.4 Å². The number of hydrogen-bond donors (Lipinski definition) is 1. The van der Waals surface area contributed by atoms with E-state index in [1.165, 1.54) is 11.8 Å². The molecular formula is C18H14Cl2N4OS. The minimum atomic E-state index is 0.510. The van der Waals surface area contributed by atoms with Gasteiger partial charge in [-0.25, -0.2) is 4.68 Å². The van der Waals surface area contributed by atoms with E-state index in [0.29, 0.717) is 22.5 Å². The van der Waals surface area contributed by atoms with Crippen molar-refractivity contribution in [1.82, 2.24) is 14.9 Å². The quantitative estimate of drug-likeness (QED) is 0.639. The summed E-state index contributed by atoms with van der Waals surface area (Å²) in [6.45, 7) is 2.57.